The highest BCUT2D eigenvalue weighted by atomic mass is 35.5. The van der Waals surface area contributed by atoms with E-state index in [1.807, 2.05) is 0 Å². The second-order valence-electron chi connectivity index (χ2n) is 4.70. The van der Waals surface area contributed by atoms with Crippen molar-refractivity contribution >= 4 is 27.6 Å². The first-order valence-electron chi connectivity index (χ1n) is 6.81. The molecule has 0 radical (unpaired) electrons. The van der Waals surface area contributed by atoms with Crippen LogP contribution in [0.3, 0.4) is 0 Å². The number of carbonyl (C=O) groups excluding carboxylic acids is 1. The van der Waals surface area contributed by atoms with E-state index in [1.54, 1.807) is 38.1 Å². The van der Waals surface area contributed by atoms with Crippen molar-refractivity contribution in [2.24, 2.45) is 0 Å². The van der Waals surface area contributed by atoms with E-state index < -0.39 is 16.0 Å². The molecule has 1 aromatic carbocycles. The Kier molecular flexibility index (Phi) is 5.40. The molecule has 0 fully saturated rings. The monoisotopic (exact) mass is 357 g/mol. The van der Waals surface area contributed by atoms with Crippen molar-refractivity contribution in [2.75, 3.05) is 6.61 Å². The molecule has 1 heterocycles. The number of hydrogen-bond donors (Lipinski definition) is 2. The van der Waals surface area contributed by atoms with Gasteiger partial charge in [0.05, 0.1) is 6.61 Å². The van der Waals surface area contributed by atoms with Crippen LogP contribution in [0.2, 0.25) is 5.02 Å². The van der Waals surface area contributed by atoms with Crippen LogP contribution in [-0.2, 0) is 21.3 Å². The lowest BCUT2D eigenvalue weighted by atomic mass is 10.2. The Morgan fingerprint density at radius 2 is 2.17 bits per heavy atom. The molecule has 0 bridgehead atoms. The van der Waals surface area contributed by atoms with Crippen LogP contribution in [0.25, 0.3) is 0 Å². The molecule has 2 aromatic rings. The van der Waals surface area contributed by atoms with E-state index in [0.717, 1.165) is 0 Å². The highest BCUT2D eigenvalue weighted by Gasteiger charge is 2.28. The molecule has 0 saturated heterocycles. The van der Waals surface area contributed by atoms with Crippen molar-refractivity contribution in [2.45, 2.75) is 25.4 Å². The fourth-order valence-electron chi connectivity index (χ4n) is 1.94. The highest BCUT2D eigenvalue weighted by molar-refractivity contribution is 7.89. The average molecular weight is 358 g/mol. The summed E-state index contributed by atoms with van der Waals surface area (Å²) in [6.45, 7) is 3.35. The lowest BCUT2D eigenvalue weighted by Crippen LogP contribution is -2.25. The first-order chi connectivity index (χ1) is 10.8. The van der Waals surface area contributed by atoms with Gasteiger partial charge in [-0.05, 0) is 31.5 Å². The summed E-state index contributed by atoms with van der Waals surface area (Å²) in [6.07, 6.45) is 0. The molecule has 0 aliphatic rings. The number of aryl methyl sites for hydroxylation is 1. The fourth-order valence-corrected chi connectivity index (χ4v) is 3.32. The minimum atomic E-state index is -3.98. The maximum Gasteiger partial charge on any atom is 0.343 e. The predicted octanol–water partition coefficient (Wildman–Crippen LogP) is 2.03. The number of aromatic nitrogens is 2. The molecule has 0 amide bonds. The molecule has 0 spiro atoms. The molecule has 0 unspecified atom stereocenters. The minimum absolute atomic E-state index is 0.0249. The molecule has 0 saturated carbocycles. The number of nitrogens with one attached hydrogen (secondary N) is 2. The number of hydrogen-bond acceptors (Lipinski definition) is 5. The number of H-pyrrole nitrogens is 1. The van der Waals surface area contributed by atoms with Crippen molar-refractivity contribution in [3.8, 4) is 0 Å². The van der Waals surface area contributed by atoms with Crippen LogP contribution in [0.4, 0.5) is 0 Å². The number of sulfonamides is 1. The zero-order valence-electron chi connectivity index (χ0n) is 12.6. The number of nitrogens with zero attached hydrogens (tertiary/aromatic N) is 1. The Balaban J connectivity index is 2.25. The highest BCUT2D eigenvalue weighted by Crippen LogP contribution is 2.18. The van der Waals surface area contributed by atoms with Crippen LogP contribution < -0.4 is 4.72 Å². The predicted molar refractivity (Wildman–Crippen MR) is 84.8 cm³/mol. The van der Waals surface area contributed by atoms with Crippen LogP contribution in [0.15, 0.2) is 29.3 Å². The molecule has 124 valence electrons. The summed E-state index contributed by atoms with van der Waals surface area (Å²) in [7, 11) is -3.98. The normalized spacial score (nSPS) is 11.4. The van der Waals surface area contributed by atoms with Gasteiger partial charge in [-0.2, -0.15) is 5.10 Å². The molecular formula is C14H16ClN3O4S. The van der Waals surface area contributed by atoms with Gasteiger partial charge in [-0.3, -0.25) is 5.10 Å². The third-order valence-electron chi connectivity index (χ3n) is 3.00. The second-order valence-corrected chi connectivity index (χ2v) is 6.82. The number of benzene rings is 1. The third kappa shape index (κ3) is 4.10. The number of rotatable bonds is 6. The first kappa shape index (κ1) is 17.5. The molecule has 0 aliphatic carbocycles. The number of ether oxygens (including phenoxy) is 1. The average Bonchev–Trinajstić information content (AvgIpc) is 2.88. The first-order valence-corrected chi connectivity index (χ1v) is 8.67. The van der Waals surface area contributed by atoms with Gasteiger partial charge in [0.25, 0.3) is 10.0 Å². The van der Waals surface area contributed by atoms with Gasteiger partial charge in [0.15, 0.2) is 0 Å². The van der Waals surface area contributed by atoms with Gasteiger partial charge in [-0.15, -0.1) is 0 Å². The summed E-state index contributed by atoms with van der Waals surface area (Å²) in [4.78, 5) is 11.9. The van der Waals surface area contributed by atoms with Crippen LogP contribution in [0.5, 0.6) is 0 Å². The SMILES string of the molecule is CCOC(=O)c1c(S(=O)(=O)NCc2cccc(Cl)c2)n[nH]c1C. The third-order valence-corrected chi connectivity index (χ3v) is 4.57. The Hall–Kier alpha value is -1.90. The summed E-state index contributed by atoms with van der Waals surface area (Å²) in [5, 5.41) is 6.34. The summed E-state index contributed by atoms with van der Waals surface area (Å²) in [5.41, 5.74) is 0.919. The van der Waals surface area contributed by atoms with Crippen LogP contribution >= 0.6 is 11.6 Å². The molecule has 23 heavy (non-hydrogen) atoms. The molecule has 7 nitrogen and oxygen atoms in total. The van der Waals surface area contributed by atoms with Gasteiger partial charge in [0, 0.05) is 17.3 Å². The van der Waals surface area contributed by atoms with E-state index in [9.17, 15) is 13.2 Å². The largest absolute Gasteiger partial charge is 0.462 e. The smallest absolute Gasteiger partial charge is 0.343 e. The van der Waals surface area contributed by atoms with Crippen LogP contribution in [0.1, 0.15) is 28.5 Å². The topological polar surface area (TPSA) is 101 Å². The Labute approximate surface area is 139 Å². The molecule has 2 rings (SSSR count). The zero-order chi connectivity index (χ0) is 17.0. The maximum atomic E-state index is 12.4. The lowest BCUT2D eigenvalue weighted by Gasteiger charge is -2.07. The van der Waals surface area contributed by atoms with E-state index in [0.29, 0.717) is 16.3 Å². The van der Waals surface area contributed by atoms with Crippen molar-refractivity contribution in [3.63, 3.8) is 0 Å². The number of aromatic amines is 1. The fraction of sp³-hybridized carbons (Fsp3) is 0.286. The Bertz CT molecular complexity index is 817. The molecular weight excluding hydrogens is 342 g/mol. The van der Waals surface area contributed by atoms with Crippen molar-refractivity contribution < 1.29 is 17.9 Å². The minimum Gasteiger partial charge on any atom is -0.462 e. The van der Waals surface area contributed by atoms with Gasteiger partial charge < -0.3 is 4.74 Å². The van der Waals surface area contributed by atoms with Gasteiger partial charge in [-0.25, -0.2) is 17.9 Å². The van der Waals surface area contributed by atoms with Gasteiger partial charge in [-0.1, -0.05) is 23.7 Å². The van der Waals surface area contributed by atoms with E-state index in [1.165, 1.54) is 0 Å². The van der Waals surface area contributed by atoms with Crippen LogP contribution in [-0.4, -0.2) is 31.2 Å². The van der Waals surface area contributed by atoms with E-state index in [2.05, 4.69) is 14.9 Å². The summed E-state index contributed by atoms with van der Waals surface area (Å²) in [6, 6.07) is 6.78. The van der Waals surface area contributed by atoms with Crippen molar-refractivity contribution in [3.05, 3.63) is 46.1 Å². The van der Waals surface area contributed by atoms with E-state index >= 15 is 0 Å². The number of carbonyl (C=O) groups is 1. The summed E-state index contributed by atoms with van der Waals surface area (Å²) >= 11 is 5.86. The standard InChI is InChI=1S/C14H16ClN3O4S/c1-3-22-14(19)12-9(2)17-18-13(12)23(20,21)16-8-10-5-4-6-11(15)7-10/h4-7,16H,3,8H2,1-2H3,(H,17,18). The molecule has 0 atom stereocenters. The molecule has 1 aromatic heterocycles. The van der Waals surface area contributed by atoms with Crippen molar-refractivity contribution in [1.29, 1.82) is 0 Å². The lowest BCUT2D eigenvalue weighted by molar-refractivity contribution is 0.0521. The summed E-state index contributed by atoms with van der Waals surface area (Å²) < 4.78 is 32.1. The van der Waals surface area contributed by atoms with E-state index in [-0.39, 0.29) is 23.7 Å². The molecule has 9 heteroatoms. The Morgan fingerprint density at radius 1 is 1.43 bits per heavy atom. The summed E-state index contributed by atoms with van der Waals surface area (Å²) in [5.74, 6) is -0.734. The quantitative estimate of drug-likeness (QED) is 0.770. The van der Waals surface area contributed by atoms with Gasteiger partial charge in [0.1, 0.15) is 5.56 Å². The van der Waals surface area contributed by atoms with E-state index in [4.69, 9.17) is 16.3 Å². The number of esters is 1. The maximum absolute atomic E-state index is 12.4. The number of halogens is 1. The van der Waals surface area contributed by atoms with Crippen LogP contribution in [0, 0.1) is 6.92 Å². The van der Waals surface area contributed by atoms with Gasteiger partial charge >= 0.3 is 5.97 Å². The Morgan fingerprint density at radius 3 is 2.83 bits per heavy atom. The zero-order valence-corrected chi connectivity index (χ0v) is 14.2. The van der Waals surface area contributed by atoms with Crippen molar-refractivity contribution in [1.82, 2.24) is 14.9 Å². The van der Waals surface area contributed by atoms with Gasteiger partial charge in [0.2, 0.25) is 5.03 Å². The molecule has 0 aliphatic heterocycles. The second kappa shape index (κ2) is 7.12. The molecule has 2 N–H and O–H groups in total.